The van der Waals surface area contributed by atoms with Crippen LogP contribution in [0.15, 0.2) is 18.2 Å². The summed E-state index contributed by atoms with van der Waals surface area (Å²) >= 11 is 0. The summed E-state index contributed by atoms with van der Waals surface area (Å²) in [7, 11) is 3.31. The summed E-state index contributed by atoms with van der Waals surface area (Å²) in [4.78, 5) is 0. The van der Waals surface area contributed by atoms with Gasteiger partial charge in [-0.1, -0.05) is 6.07 Å². The highest BCUT2D eigenvalue weighted by Gasteiger charge is 2.07. The molecule has 0 aromatic heterocycles. The predicted octanol–water partition coefficient (Wildman–Crippen LogP) is 2.02. The standard InChI is InChI=1S/C16H27NO4/c1-13(17)11-14-5-6-15(16(12-14)19-3)21-8-4-7-20-10-9-18-2/h5-6,12-13H,4,7-11,17H2,1-3H3. The van der Waals surface area contributed by atoms with Crippen LogP contribution in [0.25, 0.3) is 0 Å². The summed E-state index contributed by atoms with van der Waals surface area (Å²) in [6.07, 6.45) is 1.65. The average Bonchev–Trinajstić information content (AvgIpc) is 2.46. The summed E-state index contributed by atoms with van der Waals surface area (Å²) in [5.41, 5.74) is 6.96. The van der Waals surface area contributed by atoms with Crippen molar-refractivity contribution in [2.24, 2.45) is 5.73 Å². The van der Waals surface area contributed by atoms with Gasteiger partial charge in [0.25, 0.3) is 0 Å². The molecule has 1 atom stereocenters. The minimum Gasteiger partial charge on any atom is -0.493 e. The zero-order valence-corrected chi connectivity index (χ0v) is 13.3. The maximum atomic E-state index is 5.81. The molecule has 0 spiro atoms. The van der Waals surface area contributed by atoms with Crippen LogP contribution in [-0.2, 0) is 15.9 Å². The molecular weight excluding hydrogens is 270 g/mol. The van der Waals surface area contributed by atoms with Crippen LogP contribution in [0.5, 0.6) is 11.5 Å². The topological polar surface area (TPSA) is 62.9 Å². The number of ether oxygens (including phenoxy) is 4. The molecule has 5 nitrogen and oxygen atoms in total. The van der Waals surface area contributed by atoms with Gasteiger partial charge in [0.15, 0.2) is 11.5 Å². The molecule has 21 heavy (non-hydrogen) atoms. The number of rotatable bonds is 11. The minimum absolute atomic E-state index is 0.130. The first-order valence-corrected chi connectivity index (χ1v) is 7.29. The van der Waals surface area contributed by atoms with Gasteiger partial charge < -0.3 is 24.7 Å². The zero-order valence-electron chi connectivity index (χ0n) is 13.3. The Morgan fingerprint density at radius 3 is 2.52 bits per heavy atom. The van der Waals surface area contributed by atoms with Gasteiger partial charge >= 0.3 is 0 Å². The lowest BCUT2D eigenvalue weighted by atomic mass is 10.1. The Hall–Kier alpha value is -1.30. The molecule has 5 heteroatoms. The predicted molar refractivity (Wildman–Crippen MR) is 83.2 cm³/mol. The fraction of sp³-hybridized carbons (Fsp3) is 0.625. The van der Waals surface area contributed by atoms with E-state index in [-0.39, 0.29) is 6.04 Å². The second-order valence-corrected chi connectivity index (χ2v) is 4.97. The second-order valence-electron chi connectivity index (χ2n) is 4.97. The summed E-state index contributed by atoms with van der Waals surface area (Å²) in [5, 5.41) is 0. The third-order valence-electron chi connectivity index (χ3n) is 2.91. The van der Waals surface area contributed by atoms with Gasteiger partial charge in [-0.3, -0.25) is 0 Å². The molecule has 0 bridgehead atoms. The van der Waals surface area contributed by atoms with E-state index in [1.807, 2.05) is 25.1 Å². The Morgan fingerprint density at radius 1 is 1.05 bits per heavy atom. The van der Waals surface area contributed by atoms with Crippen LogP contribution in [-0.4, -0.2) is 46.7 Å². The molecule has 0 saturated carbocycles. The van der Waals surface area contributed by atoms with Gasteiger partial charge in [-0.05, 0) is 31.0 Å². The fourth-order valence-corrected chi connectivity index (χ4v) is 1.92. The largest absolute Gasteiger partial charge is 0.493 e. The van der Waals surface area contributed by atoms with Crippen LogP contribution in [0.1, 0.15) is 18.9 Å². The molecule has 0 heterocycles. The van der Waals surface area contributed by atoms with Gasteiger partial charge in [-0.2, -0.15) is 0 Å². The van der Waals surface area contributed by atoms with Crippen LogP contribution in [0.4, 0.5) is 0 Å². The Kier molecular flexibility index (Phi) is 8.82. The maximum absolute atomic E-state index is 5.81. The van der Waals surface area contributed by atoms with E-state index in [0.29, 0.717) is 26.4 Å². The molecule has 1 aromatic rings. The zero-order chi connectivity index (χ0) is 15.5. The number of methoxy groups -OCH3 is 2. The van der Waals surface area contributed by atoms with Crippen LogP contribution in [0.2, 0.25) is 0 Å². The maximum Gasteiger partial charge on any atom is 0.161 e. The molecule has 2 N–H and O–H groups in total. The van der Waals surface area contributed by atoms with Crippen molar-refractivity contribution in [1.82, 2.24) is 0 Å². The third kappa shape index (κ3) is 7.32. The highest BCUT2D eigenvalue weighted by Crippen LogP contribution is 2.28. The van der Waals surface area contributed by atoms with Crippen molar-refractivity contribution < 1.29 is 18.9 Å². The highest BCUT2D eigenvalue weighted by molar-refractivity contribution is 5.43. The Balaban J connectivity index is 2.37. The molecule has 0 aliphatic carbocycles. The van der Waals surface area contributed by atoms with Gasteiger partial charge in [0.1, 0.15) is 0 Å². The van der Waals surface area contributed by atoms with E-state index in [4.69, 9.17) is 24.7 Å². The number of nitrogens with two attached hydrogens (primary N) is 1. The van der Waals surface area contributed by atoms with E-state index < -0.39 is 0 Å². The summed E-state index contributed by atoms with van der Waals surface area (Å²) in [6.45, 7) is 4.48. The van der Waals surface area contributed by atoms with E-state index >= 15 is 0 Å². The quantitative estimate of drug-likeness (QED) is 0.633. The second kappa shape index (κ2) is 10.4. The normalized spacial score (nSPS) is 12.2. The molecule has 120 valence electrons. The molecule has 1 rings (SSSR count). The smallest absolute Gasteiger partial charge is 0.161 e. The van der Waals surface area contributed by atoms with Crippen molar-refractivity contribution >= 4 is 0 Å². The molecule has 0 fully saturated rings. The number of benzene rings is 1. The minimum atomic E-state index is 0.130. The summed E-state index contributed by atoms with van der Waals surface area (Å²) in [5.74, 6) is 1.50. The lowest BCUT2D eigenvalue weighted by Gasteiger charge is -2.13. The van der Waals surface area contributed by atoms with Gasteiger partial charge in [0.05, 0.1) is 26.9 Å². The van der Waals surface area contributed by atoms with Gasteiger partial charge in [-0.15, -0.1) is 0 Å². The lowest BCUT2D eigenvalue weighted by Crippen LogP contribution is -2.17. The van der Waals surface area contributed by atoms with E-state index in [9.17, 15) is 0 Å². The van der Waals surface area contributed by atoms with E-state index in [2.05, 4.69) is 0 Å². The van der Waals surface area contributed by atoms with Crippen LogP contribution in [0.3, 0.4) is 0 Å². The highest BCUT2D eigenvalue weighted by atomic mass is 16.5. The van der Waals surface area contributed by atoms with Gasteiger partial charge in [0, 0.05) is 26.2 Å². The Bertz CT molecular complexity index is 396. The molecule has 1 unspecified atom stereocenters. The summed E-state index contributed by atoms with van der Waals surface area (Å²) in [6, 6.07) is 6.07. The van der Waals surface area contributed by atoms with Crippen molar-refractivity contribution in [3.8, 4) is 11.5 Å². The van der Waals surface area contributed by atoms with Crippen molar-refractivity contribution in [2.75, 3.05) is 40.6 Å². The van der Waals surface area contributed by atoms with Crippen LogP contribution >= 0.6 is 0 Å². The Morgan fingerprint density at radius 2 is 1.86 bits per heavy atom. The summed E-state index contributed by atoms with van der Waals surface area (Å²) < 4.78 is 21.4. The lowest BCUT2D eigenvalue weighted by molar-refractivity contribution is 0.0643. The van der Waals surface area contributed by atoms with Crippen LogP contribution < -0.4 is 15.2 Å². The van der Waals surface area contributed by atoms with Crippen LogP contribution in [0, 0.1) is 0 Å². The first kappa shape index (κ1) is 17.8. The first-order valence-electron chi connectivity index (χ1n) is 7.29. The van der Waals surface area contributed by atoms with E-state index in [1.165, 1.54) is 0 Å². The number of hydrogen-bond acceptors (Lipinski definition) is 5. The van der Waals surface area contributed by atoms with E-state index in [1.54, 1.807) is 14.2 Å². The number of hydrogen-bond donors (Lipinski definition) is 1. The first-order chi connectivity index (χ1) is 10.2. The average molecular weight is 297 g/mol. The third-order valence-corrected chi connectivity index (χ3v) is 2.91. The molecular formula is C16H27NO4. The Labute approximate surface area is 127 Å². The van der Waals surface area contributed by atoms with Crippen molar-refractivity contribution in [3.05, 3.63) is 23.8 Å². The molecule has 0 saturated heterocycles. The van der Waals surface area contributed by atoms with Crippen molar-refractivity contribution in [2.45, 2.75) is 25.8 Å². The van der Waals surface area contributed by atoms with Crippen molar-refractivity contribution in [1.29, 1.82) is 0 Å². The van der Waals surface area contributed by atoms with E-state index in [0.717, 1.165) is 29.9 Å². The monoisotopic (exact) mass is 297 g/mol. The SMILES string of the molecule is COCCOCCCOc1ccc(CC(C)N)cc1OC. The molecule has 0 aliphatic heterocycles. The molecule has 0 radical (unpaired) electrons. The molecule has 0 amide bonds. The van der Waals surface area contributed by atoms with Crippen molar-refractivity contribution in [3.63, 3.8) is 0 Å². The molecule has 1 aromatic carbocycles. The molecule has 0 aliphatic rings. The van der Waals surface area contributed by atoms with Gasteiger partial charge in [-0.25, -0.2) is 0 Å². The fourth-order valence-electron chi connectivity index (χ4n) is 1.92. The van der Waals surface area contributed by atoms with Gasteiger partial charge in [0.2, 0.25) is 0 Å².